The van der Waals surface area contributed by atoms with Crippen LogP contribution in [0.15, 0.2) is 0 Å². The van der Waals surface area contributed by atoms with Crippen molar-refractivity contribution in [3.05, 3.63) is 0 Å². The van der Waals surface area contributed by atoms with Gasteiger partial charge in [-0.05, 0) is 0 Å². The second-order valence-corrected chi connectivity index (χ2v) is 3.41. The molecular weight excluding hydrogens is 204 g/mol. The second-order valence-electron chi connectivity index (χ2n) is 3.41. The molecule has 1 aliphatic heterocycles. The van der Waals surface area contributed by atoms with Crippen molar-refractivity contribution in [1.82, 2.24) is 0 Å². The Labute approximate surface area is 88.7 Å². The Morgan fingerprint density at radius 3 is 2.40 bits per heavy atom. The molecule has 6 heteroatoms. The van der Waals surface area contributed by atoms with E-state index >= 15 is 0 Å². The summed E-state index contributed by atoms with van der Waals surface area (Å²) in [6.45, 7) is 0.306. The van der Waals surface area contributed by atoms with Gasteiger partial charge >= 0.3 is 0 Å². The van der Waals surface area contributed by atoms with Crippen molar-refractivity contribution in [3.8, 4) is 0 Å². The number of aliphatic hydroxyl groups excluding tert-OH is 2. The average Bonchev–Trinajstić information content (AvgIpc) is 2.51. The normalized spacial score (nSPS) is 38.2. The van der Waals surface area contributed by atoms with Crippen molar-refractivity contribution in [2.24, 2.45) is 0 Å². The minimum absolute atomic E-state index is 0.306. The van der Waals surface area contributed by atoms with E-state index in [9.17, 15) is 10.2 Å². The van der Waals surface area contributed by atoms with E-state index in [4.69, 9.17) is 18.9 Å². The predicted molar refractivity (Wildman–Crippen MR) is 50.4 cm³/mol. The van der Waals surface area contributed by atoms with Gasteiger partial charge in [0.1, 0.15) is 24.4 Å². The lowest BCUT2D eigenvalue weighted by atomic mass is 10.1. The van der Waals surface area contributed by atoms with Gasteiger partial charge in [0.2, 0.25) is 0 Å². The molecular formula is C9H18O6. The van der Waals surface area contributed by atoms with Crippen molar-refractivity contribution in [2.75, 3.05) is 27.9 Å². The van der Waals surface area contributed by atoms with Crippen molar-refractivity contribution < 1.29 is 29.2 Å². The molecule has 0 amide bonds. The highest BCUT2D eigenvalue weighted by atomic mass is 16.7. The molecule has 1 saturated heterocycles. The Kier molecular flexibility index (Phi) is 4.91. The van der Waals surface area contributed by atoms with E-state index in [2.05, 4.69) is 0 Å². The van der Waals surface area contributed by atoms with Crippen LogP contribution in [0.25, 0.3) is 0 Å². The van der Waals surface area contributed by atoms with Gasteiger partial charge in [0, 0.05) is 21.3 Å². The van der Waals surface area contributed by atoms with Gasteiger partial charge in [0.25, 0.3) is 0 Å². The van der Waals surface area contributed by atoms with E-state index < -0.39 is 24.6 Å². The maximum atomic E-state index is 9.54. The first-order valence-corrected chi connectivity index (χ1v) is 4.71. The molecule has 0 bridgehead atoms. The molecule has 0 aromatic rings. The molecule has 1 fully saturated rings. The molecule has 1 unspecified atom stereocenters. The van der Waals surface area contributed by atoms with Crippen LogP contribution in [-0.2, 0) is 18.9 Å². The maximum absolute atomic E-state index is 9.54. The first-order valence-electron chi connectivity index (χ1n) is 4.71. The first kappa shape index (κ1) is 12.8. The highest BCUT2D eigenvalue weighted by Gasteiger charge is 2.47. The smallest absolute Gasteiger partial charge is 0.184 e. The van der Waals surface area contributed by atoms with Crippen LogP contribution >= 0.6 is 0 Å². The van der Waals surface area contributed by atoms with Gasteiger partial charge in [-0.3, -0.25) is 0 Å². The van der Waals surface area contributed by atoms with Crippen LogP contribution in [-0.4, -0.2) is 68.9 Å². The van der Waals surface area contributed by atoms with E-state index in [0.29, 0.717) is 6.61 Å². The molecule has 0 spiro atoms. The van der Waals surface area contributed by atoms with Crippen LogP contribution in [0.4, 0.5) is 0 Å². The van der Waals surface area contributed by atoms with Crippen molar-refractivity contribution in [1.29, 1.82) is 0 Å². The summed E-state index contributed by atoms with van der Waals surface area (Å²) in [5.74, 6) is 0. The van der Waals surface area contributed by atoms with Crippen LogP contribution < -0.4 is 0 Å². The molecule has 0 radical (unpaired) electrons. The summed E-state index contributed by atoms with van der Waals surface area (Å²) in [7, 11) is 4.49. The maximum Gasteiger partial charge on any atom is 0.184 e. The third-order valence-corrected chi connectivity index (χ3v) is 2.52. The van der Waals surface area contributed by atoms with E-state index in [0.717, 1.165) is 0 Å². The molecule has 0 aromatic heterocycles. The standard InChI is InChI=1S/C9H18O6/c1-12-4-5(13-2)7-8(14-3)6(10)9(11)15-7/h5-11H,4H2,1-3H3/t5-,6-,7-,8-,9?/m1/s1. The summed E-state index contributed by atoms with van der Waals surface area (Å²) in [6.07, 6.45) is -3.83. The van der Waals surface area contributed by atoms with Crippen LogP contribution in [0.3, 0.4) is 0 Å². The molecule has 1 heterocycles. The SMILES string of the molecule is COC[C@@H](OC)[C@H]1OC(O)[C@H](O)[C@H]1OC. The van der Waals surface area contributed by atoms with Crippen molar-refractivity contribution in [2.45, 2.75) is 30.7 Å². The number of hydrogen-bond donors (Lipinski definition) is 2. The number of hydrogen-bond acceptors (Lipinski definition) is 6. The summed E-state index contributed by atoms with van der Waals surface area (Å²) >= 11 is 0. The molecule has 15 heavy (non-hydrogen) atoms. The lowest BCUT2D eigenvalue weighted by Crippen LogP contribution is -2.43. The topological polar surface area (TPSA) is 77.4 Å². The second kappa shape index (κ2) is 5.74. The Morgan fingerprint density at radius 2 is 1.93 bits per heavy atom. The quantitative estimate of drug-likeness (QED) is 0.604. The molecule has 6 nitrogen and oxygen atoms in total. The van der Waals surface area contributed by atoms with Crippen molar-refractivity contribution in [3.63, 3.8) is 0 Å². The minimum atomic E-state index is -1.24. The first-order chi connectivity index (χ1) is 7.15. The van der Waals surface area contributed by atoms with Crippen LogP contribution in [0.1, 0.15) is 0 Å². The zero-order valence-electron chi connectivity index (χ0n) is 9.12. The molecule has 2 N–H and O–H groups in total. The molecule has 1 rings (SSSR count). The van der Waals surface area contributed by atoms with Gasteiger partial charge < -0.3 is 29.2 Å². The van der Waals surface area contributed by atoms with Crippen LogP contribution in [0.5, 0.6) is 0 Å². The van der Waals surface area contributed by atoms with Gasteiger partial charge in [0.05, 0.1) is 6.61 Å². The van der Waals surface area contributed by atoms with Crippen LogP contribution in [0.2, 0.25) is 0 Å². The lowest BCUT2D eigenvalue weighted by Gasteiger charge is -2.25. The van der Waals surface area contributed by atoms with E-state index in [1.165, 1.54) is 21.3 Å². The molecule has 5 atom stereocenters. The van der Waals surface area contributed by atoms with E-state index in [-0.39, 0.29) is 6.10 Å². The monoisotopic (exact) mass is 222 g/mol. The molecule has 0 saturated carbocycles. The summed E-state index contributed by atoms with van der Waals surface area (Å²) in [5, 5.41) is 18.9. The number of methoxy groups -OCH3 is 3. The van der Waals surface area contributed by atoms with Crippen LogP contribution in [0, 0.1) is 0 Å². The van der Waals surface area contributed by atoms with Gasteiger partial charge in [-0.15, -0.1) is 0 Å². The van der Waals surface area contributed by atoms with Gasteiger partial charge in [0.15, 0.2) is 6.29 Å². The third-order valence-electron chi connectivity index (χ3n) is 2.52. The summed E-state index contributed by atoms with van der Waals surface area (Å²) < 4.78 is 20.3. The number of rotatable bonds is 5. The van der Waals surface area contributed by atoms with E-state index in [1.807, 2.05) is 0 Å². The Morgan fingerprint density at radius 1 is 1.27 bits per heavy atom. The fraction of sp³-hybridized carbons (Fsp3) is 1.00. The number of ether oxygens (including phenoxy) is 4. The molecule has 1 aliphatic rings. The zero-order valence-corrected chi connectivity index (χ0v) is 9.12. The predicted octanol–water partition coefficient (Wildman–Crippen LogP) is -1.26. The Balaban J connectivity index is 2.66. The summed E-state index contributed by atoms with van der Waals surface area (Å²) in [6, 6.07) is 0. The summed E-state index contributed by atoms with van der Waals surface area (Å²) in [5.41, 5.74) is 0. The van der Waals surface area contributed by atoms with E-state index in [1.54, 1.807) is 0 Å². The van der Waals surface area contributed by atoms with Gasteiger partial charge in [-0.2, -0.15) is 0 Å². The van der Waals surface area contributed by atoms with Crippen molar-refractivity contribution >= 4 is 0 Å². The molecule has 90 valence electrons. The summed E-state index contributed by atoms with van der Waals surface area (Å²) in [4.78, 5) is 0. The van der Waals surface area contributed by atoms with Gasteiger partial charge in [-0.25, -0.2) is 0 Å². The van der Waals surface area contributed by atoms with Gasteiger partial charge in [-0.1, -0.05) is 0 Å². The highest BCUT2D eigenvalue weighted by Crippen LogP contribution is 2.25. The Hall–Kier alpha value is -0.240. The fourth-order valence-corrected chi connectivity index (χ4v) is 1.71. The molecule has 0 aliphatic carbocycles. The fourth-order valence-electron chi connectivity index (χ4n) is 1.71. The lowest BCUT2D eigenvalue weighted by molar-refractivity contribution is -0.157. The zero-order chi connectivity index (χ0) is 11.4. The Bertz CT molecular complexity index is 187. The third kappa shape index (κ3) is 2.66. The molecule has 0 aromatic carbocycles. The average molecular weight is 222 g/mol. The number of aliphatic hydroxyl groups is 2. The highest BCUT2D eigenvalue weighted by molar-refractivity contribution is 4.91. The minimum Gasteiger partial charge on any atom is -0.385 e. The largest absolute Gasteiger partial charge is 0.385 e.